The fourth-order valence-corrected chi connectivity index (χ4v) is 3.02. The molecule has 6 nitrogen and oxygen atoms in total. The number of rotatable bonds is 4. The van der Waals surface area contributed by atoms with Crippen LogP contribution < -0.4 is 14.2 Å². The maximum atomic E-state index is 10.8. The van der Waals surface area contributed by atoms with Gasteiger partial charge in [0, 0.05) is 31.1 Å². The van der Waals surface area contributed by atoms with Crippen molar-refractivity contribution < 1.29 is 24.1 Å². The van der Waals surface area contributed by atoms with Crippen LogP contribution >= 0.6 is 0 Å². The number of nitrogens with zero attached hydrogens (tertiary/aromatic N) is 1. The summed E-state index contributed by atoms with van der Waals surface area (Å²) >= 11 is 0. The molecule has 0 aliphatic carbocycles. The van der Waals surface area contributed by atoms with Crippen molar-refractivity contribution in [2.45, 2.75) is 12.0 Å². The molecule has 0 saturated carbocycles. The number of carboxylic acids is 1. The second-order valence-electron chi connectivity index (χ2n) is 5.60. The number of hydrogen-bond acceptors (Lipinski definition) is 5. The van der Waals surface area contributed by atoms with Crippen LogP contribution in [-0.4, -0.2) is 55.4 Å². The van der Waals surface area contributed by atoms with Crippen molar-refractivity contribution in [1.82, 2.24) is 4.90 Å². The number of likely N-dealkylation sites (tertiary alicyclic amines) is 1. The lowest BCUT2D eigenvalue weighted by atomic mass is 9.97. The SMILES string of the molecule is COc1cc2c(cc1OC)OC1(C=C2)CCN(CC(=O)O)C1. The zero-order valence-corrected chi connectivity index (χ0v) is 12.7. The van der Waals surface area contributed by atoms with Crippen molar-refractivity contribution in [2.75, 3.05) is 33.9 Å². The summed E-state index contributed by atoms with van der Waals surface area (Å²) in [6.07, 6.45) is 4.79. The topological polar surface area (TPSA) is 68.2 Å². The van der Waals surface area contributed by atoms with E-state index in [4.69, 9.17) is 19.3 Å². The van der Waals surface area contributed by atoms with Crippen LogP contribution in [0.2, 0.25) is 0 Å². The highest BCUT2D eigenvalue weighted by Gasteiger charge is 2.40. The minimum absolute atomic E-state index is 0.0394. The molecule has 0 radical (unpaired) electrons. The second-order valence-corrected chi connectivity index (χ2v) is 5.60. The van der Waals surface area contributed by atoms with E-state index in [2.05, 4.69) is 0 Å². The van der Waals surface area contributed by atoms with Gasteiger partial charge in [-0.2, -0.15) is 0 Å². The molecule has 1 unspecified atom stereocenters. The van der Waals surface area contributed by atoms with Crippen molar-refractivity contribution in [3.8, 4) is 17.2 Å². The molecular formula is C16H19NO5. The van der Waals surface area contributed by atoms with Crippen LogP contribution in [0, 0.1) is 0 Å². The predicted molar refractivity (Wildman–Crippen MR) is 80.6 cm³/mol. The van der Waals surface area contributed by atoms with E-state index in [0.717, 1.165) is 17.7 Å². The largest absolute Gasteiger partial charge is 0.493 e. The highest BCUT2D eigenvalue weighted by atomic mass is 16.5. The molecule has 2 aliphatic heterocycles. The van der Waals surface area contributed by atoms with E-state index in [1.54, 1.807) is 14.2 Å². The van der Waals surface area contributed by atoms with Gasteiger partial charge in [0.15, 0.2) is 11.5 Å². The molecular weight excluding hydrogens is 286 g/mol. The van der Waals surface area contributed by atoms with Gasteiger partial charge < -0.3 is 19.3 Å². The van der Waals surface area contributed by atoms with Gasteiger partial charge in [0.05, 0.1) is 20.8 Å². The maximum absolute atomic E-state index is 10.8. The highest BCUT2D eigenvalue weighted by Crippen LogP contribution is 2.41. The van der Waals surface area contributed by atoms with Gasteiger partial charge in [-0.05, 0) is 12.1 Å². The van der Waals surface area contributed by atoms with Crippen LogP contribution in [0.15, 0.2) is 18.2 Å². The Hall–Kier alpha value is -2.21. The summed E-state index contributed by atoms with van der Waals surface area (Å²) in [5.41, 5.74) is 0.474. The zero-order chi connectivity index (χ0) is 15.7. The van der Waals surface area contributed by atoms with E-state index in [9.17, 15) is 4.79 Å². The van der Waals surface area contributed by atoms with Crippen molar-refractivity contribution in [1.29, 1.82) is 0 Å². The molecule has 1 N–H and O–H groups in total. The lowest BCUT2D eigenvalue weighted by Gasteiger charge is -2.31. The molecule has 0 amide bonds. The van der Waals surface area contributed by atoms with Gasteiger partial charge in [-0.1, -0.05) is 6.08 Å². The molecule has 22 heavy (non-hydrogen) atoms. The van der Waals surface area contributed by atoms with Crippen LogP contribution in [0.4, 0.5) is 0 Å². The number of aliphatic carboxylic acids is 1. The van der Waals surface area contributed by atoms with Gasteiger partial charge in [0.1, 0.15) is 11.4 Å². The van der Waals surface area contributed by atoms with Gasteiger partial charge in [0.2, 0.25) is 0 Å². The fourth-order valence-electron chi connectivity index (χ4n) is 3.02. The Morgan fingerprint density at radius 1 is 1.36 bits per heavy atom. The molecule has 6 heteroatoms. The van der Waals surface area contributed by atoms with Crippen molar-refractivity contribution in [2.24, 2.45) is 0 Å². The molecule has 1 aromatic rings. The molecule has 1 spiro atoms. The van der Waals surface area contributed by atoms with Gasteiger partial charge in [-0.15, -0.1) is 0 Å². The standard InChI is InChI=1S/C16H19NO5/c1-20-13-7-11-3-4-16(22-12(11)8-14(13)21-2)5-6-17(10-16)9-15(18)19/h3-4,7-8H,5-6,9-10H2,1-2H3,(H,18,19). The highest BCUT2D eigenvalue weighted by molar-refractivity contribution is 5.69. The van der Waals surface area contributed by atoms with Crippen LogP contribution in [0.5, 0.6) is 17.2 Å². The van der Waals surface area contributed by atoms with E-state index in [1.165, 1.54) is 0 Å². The van der Waals surface area contributed by atoms with Gasteiger partial charge >= 0.3 is 5.97 Å². The minimum Gasteiger partial charge on any atom is -0.493 e. The third kappa shape index (κ3) is 2.62. The summed E-state index contributed by atoms with van der Waals surface area (Å²) in [6, 6.07) is 3.70. The summed E-state index contributed by atoms with van der Waals surface area (Å²) in [5.74, 6) is 1.19. The lowest BCUT2D eigenvalue weighted by molar-refractivity contribution is -0.138. The molecule has 3 rings (SSSR count). The smallest absolute Gasteiger partial charge is 0.317 e. The Balaban J connectivity index is 1.84. The van der Waals surface area contributed by atoms with E-state index in [1.807, 2.05) is 29.2 Å². The van der Waals surface area contributed by atoms with E-state index < -0.39 is 11.6 Å². The number of ether oxygens (including phenoxy) is 3. The zero-order valence-electron chi connectivity index (χ0n) is 12.7. The molecule has 118 valence electrons. The third-order valence-corrected chi connectivity index (χ3v) is 4.10. The van der Waals surface area contributed by atoms with Crippen LogP contribution in [-0.2, 0) is 4.79 Å². The Morgan fingerprint density at radius 2 is 2.09 bits per heavy atom. The summed E-state index contributed by atoms with van der Waals surface area (Å²) in [5, 5.41) is 8.91. The van der Waals surface area contributed by atoms with Crippen molar-refractivity contribution >= 4 is 12.0 Å². The summed E-state index contributed by atoms with van der Waals surface area (Å²) < 4.78 is 16.8. The number of carbonyl (C=O) groups is 1. The second kappa shape index (κ2) is 5.53. The molecule has 1 aromatic carbocycles. The Labute approximate surface area is 128 Å². The van der Waals surface area contributed by atoms with Gasteiger partial charge in [-0.3, -0.25) is 9.69 Å². The quantitative estimate of drug-likeness (QED) is 0.912. The first-order chi connectivity index (χ1) is 10.5. The number of carboxylic acid groups (broad SMARTS) is 1. The lowest BCUT2D eigenvalue weighted by Crippen LogP contribution is -2.39. The monoisotopic (exact) mass is 305 g/mol. The number of fused-ring (bicyclic) bond motifs is 1. The summed E-state index contributed by atoms with van der Waals surface area (Å²) in [4.78, 5) is 12.7. The van der Waals surface area contributed by atoms with Crippen molar-refractivity contribution in [3.05, 3.63) is 23.8 Å². The number of methoxy groups -OCH3 is 2. The Kier molecular flexibility index (Phi) is 3.70. The first-order valence-corrected chi connectivity index (χ1v) is 7.14. The van der Waals surface area contributed by atoms with Crippen LogP contribution in [0.3, 0.4) is 0 Å². The maximum Gasteiger partial charge on any atom is 0.317 e. The average Bonchev–Trinajstić information content (AvgIpc) is 2.87. The first-order valence-electron chi connectivity index (χ1n) is 7.14. The molecule has 2 heterocycles. The number of hydrogen-bond donors (Lipinski definition) is 1. The van der Waals surface area contributed by atoms with E-state index >= 15 is 0 Å². The van der Waals surface area contributed by atoms with Crippen LogP contribution in [0.25, 0.3) is 6.08 Å². The third-order valence-electron chi connectivity index (χ3n) is 4.10. The molecule has 0 bridgehead atoms. The van der Waals surface area contributed by atoms with Gasteiger partial charge in [0.25, 0.3) is 0 Å². The Morgan fingerprint density at radius 3 is 2.77 bits per heavy atom. The molecule has 0 aromatic heterocycles. The summed E-state index contributed by atoms with van der Waals surface area (Å²) in [7, 11) is 3.18. The van der Waals surface area contributed by atoms with Crippen molar-refractivity contribution in [3.63, 3.8) is 0 Å². The summed E-state index contributed by atoms with van der Waals surface area (Å²) in [6.45, 7) is 1.32. The minimum atomic E-state index is -0.816. The Bertz CT molecular complexity index is 627. The van der Waals surface area contributed by atoms with Crippen LogP contribution in [0.1, 0.15) is 12.0 Å². The molecule has 2 aliphatic rings. The van der Waals surface area contributed by atoms with Gasteiger partial charge in [-0.25, -0.2) is 0 Å². The molecule has 1 fully saturated rings. The number of benzene rings is 1. The van der Waals surface area contributed by atoms with E-state index in [-0.39, 0.29) is 6.54 Å². The normalized spacial score (nSPS) is 23.2. The molecule has 1 saturated heterocycles. The average molecular weight is 305 g/mol. The molecule has 1 atom stereocenters. The van der Waals surface area contributed by atoms with E-state index in [0.29, 0.717) is 24.6 Å². The fraction of sp³-hybridized carbons (Fsp3) is 0.438. The predicted octanol–water partition coefficient (Wildman–Crippen LogP) is 1.64. The first kappa shape index (κ1) is 14.7.